The van der Waals surface area contributed by atoms with E-state index < -0.39 is 15.6 Å². The maximum Gasteiger partial charge on any atom is 0.251 e. The van der Waals surface area contributed by atoms with Gasteiger partial charge in [-0.05, 0) is 39.3 Å². The number of carbonyl (C=O) groups is 1. The third-order valence-corrected chi connectivity index (χ3v) is 4.67. The van der Waals surface area contributed by atoms with E-state index in [9.17, 15) is 13.2 Å². The Hall–Kier alpha value is -1.40. The van der Waals surface area contributed by atoms with E-state index >= 15 is 0 Å². The van der Waals surface area contributed by atoms with Gasteiger partial charge in [-0.1, -0.05) is 18.2 Å². The van der Waals surface area contributed by atoms with Gasteiger partial charge in [0.25, 0.3) is 5.91 Å². The summed E-state index contributed by atoms with van der Waals surface area (Å²) in [7, 11) is -3.31. The van der Waals surface area contributed by atoms with Crippen LogP contribution in [0.1, 0.15) is 36.7 Å². The van der Waals surface area contributed by atoms with E-state index in [1.165, 1.54) is 10.6 Å². The third kappa shape index (κ3) is 5.13. The van der Waals surface area contributed by atoms with E-state index in [0.29, 0.717) is 5.56 Å². The number of carbonyl (C=O) groups excluding carboxylic acids is 1. The van der Waals surface area contributed by atoms with E-state index in [0.717, 1.165) is 5.56 Å². The molecule has 1 N–H and O–H groups in total. The van der Waals surface area contributed by atoms with Crippen molar-refractivity contribution < 1.29 is 13.2 Å². The summed E-state index contributed by atoms with van der Waals surface area (Å²) in [5.74, 6) is -0.185. The van der Waals surface area contributed by atoms with Crippen molar-refractivity contribution in [3.8, 4) is 0 Å². The lowest BCUT2D eigenvalue weighted by atomic mass is 10.1. The fourth-order valence-electron chi connectivity index (χ4n) is 2.19. The SMILES string of the molecule is Cc1ccccc1C(=O)NCCN(C(C)(C)C)S(C)(=O)=O. The van der Waals surface area contributed by atoms with Gasteiger partial charge in [0, 0.05) is 24.2 Å². The lowest BCUT2D eigenvalue weighted by molar-refractivity contribution is 0.0947. The molecule has 1 rings (SSSR count). The van der Waals surface area contributed by atoms with Crippen LogP contribution in [-0.4, -0.2) is 43.5 Å². The van der Waals surface area contributed by atoms with E-state index in [-0.39, 0.29) is 19.0 Å². The molecule has 0 spiro atoms. The molecule has 0 bridgehead atoms. The third-order valence-electron chi connectivity index (χ3n) is 3.14. The summed E-state index contributed by atoms with van der Waals surface area (Å²) in [4.78, 5) is 12.1. The first-order valence-corrected chi connectivity index (χ1v) is 8.70. The second kappa shape index (κ2) is 6.58. The number of sulfonamides is 1. The number of benzene rings is 1. The number of hydrogen-bond donors (Lipinski definition) is 1. The molecule has 1 amide bonds. The number of hydrogen-bond acceptors (Lipinski definition) is 3. The highest BCUT2D eigenvalue weighted by molar-refractivity contribution is 7.88. The van der Waals surface area contributed by atoms with Gasteiger partial charge >= 0.3 is 0 Å². The van der Waals surface area contributed by atoms with Gasteiger partial charge in [0.1, 0.15) is 0 Å². The number of aryl methyl sites for hydroxylation is 1. The second-order valence-corrected chi connectivity index (χ2v) is 7.98. The van der Waals surface area contributed by atoms with Crippen LogP contribution in [0.15, 0.2) is 24.3 Å². The minimum absolute atomic E-state index is 0.185. The maximum absolute atomic E-state index is 12.1. The molecular formula is C15H24N2O3S. The fourth-order valence-corrected chi connectivity index (χ4v) is 3.61. The topological polar surface area (TPSA) is 66.5 Å². The van der Waals surface area contributed by atoms with Crippen molar-refractivity contribution in [2.75, 3.05) is 19.3 Å². The van der Waals surface area contributed by atoms with Crippen molar-refractivity contribution in [3.63, 3.8) is 0 Å². The Kier molecular flexibility index (Phi) is 5.53. The predicted molar refractivity (Wildman–Crippen MR) is 84.8 cm³/mol. The molecule has 0 radical (unpaired) electrons. The summed E-state index contributed by atoms with van der Waals surface area (Å²) in [5.41, 5.74) is 0.992. The summed E-state index contributed by atoms with van der Waals surface area (Å²) < 4.78 is 25.0. The normalized spacial score (nSPS) is 12.5. The fraction of sp³-hybridized carbons (Fsp3) is 0.533. The first-order valence-electron chi connectivity index (χ1n) is 6.85. The largest absolute Gasteiger partial charge is 0.351 e. The highest BCUT2D eigenvalue weighted by atomic mass is 32.2. The molecule has 0 saturated carbocycles. The van der Waals surface area contributed by atoms with Gasteiger partial charge in [-0.15, -0.1) is 0 Å². The second-order valence-electron chi connectivity index (χ2n) is 6.08. The number of rotatable bonds is 5. The summed E-state index contributed by atoms with van der Waals surface area (Å²) in [6.07, 6.45) is 1.18. The van der Waals surface area contributed by atoms with E-state index in [1.807, 2.05) is 39.8 Å². The van der Waals surface area contributed by atoms with Gasteiger partial charge in [-0.2, -0.15) is 4.31 Å². The molecule has 0 unspecified atom stereocenters. The van der Waals surface area contributed by atoms with E-state index in [2.05, 4.69) is 5.32 Å². The molecule has 0 aromatic heterocycles. The van der Waals surface area contributed by atoms with Gasteiger partial charge < -0.3 is 5.32 Å². The van der Waals surface area contributed by atoms with Crippen LogP contribution in [-0.2, 0) is 10.0 Å². The Morgan fingerprint density at radius 2 is 1.81 bits per heavy atom. The summed E-state index contributed by atoms with van der Waals surface area (Å²) in [6.45, 7) is 7.88. The molecule has 0 aliphatic heterocycles. The van der Waals surface area contributed by atoms with Crippen molar-refractivity contribution in [2.24, 2.45) is 0 Å². The molecule has 1 aromatic rings. The van der Waals surface area contributed by atoms with Crippen molar-refractivity contribution in [1.29, 1.82) is 0 Å². The van der Waals surface area contributed by atoms with Gasteiger partial charge in [-0.25, -0.2) is 8.42 Å². The molecule has 0 atom stereocenters. The van der Waals surface area contributed by atoms with Gasteiger partial charge in [-0.3, -0.25) is 4.79 Å². The molecular weight excluding hydrogens is 288 g/mol. The maximum atomic E-state index is 12.1. The molecule has 21 heavy (non-hydrogen) atoms. The van der Waals surface area contributed by atoms with Crippen molar-refractivity contribution in [1.82, 2.24) is 9.62 Å². The highest BCUT2D eigenvalue weighted by Crippen LogP contribution is 2.16. The smallest absolute Gasteiger partial charge is 0.251 e. The lowest BCUT2D eigenvalue weighted by Crippen LogP contribution is -2.48. The molecule has 118 valence electrons. The van der Waals surface area contributed by atoms with Gasteiger partial charge in [0.2, 0.25) is 10.0 Å². The van der Waals surface area contributed by atoms with E-state index in [1.54, 1.807) is 12.1 Å². The zero-order valence-corrected chi connectivity index (χ0v) is 14.1. The Morgan fingerprint density at radius 3 is 2.29 bits per heavy atom. The quantitative estimate of drug-likeness (QED) is 0.901. The molecule has 0 aliphatic carbocycles. The van der Waals surface area contributed by atoms with Crippen LogP contribution in [0, 0.1) is 6.92 Å². The number of amides is 1. The molecule has 0 saturated heterocycles. The standard InChI is InChI=1S/C15H24N2O3S/c1-12-8-6-7-9-13(12)14(18)16-10-11-17(15(2,3)4)21(5,19)20/h6-9H,10-11H2,1-5H3,(H,16,18). The molecule has 0 heterocycles. The van der Waals surface area contributed by atoms with Crippen LogP contribution in [0.5, 0.6) is 0 Å². The average molecular weight is 312 g/mol. The summed E-state index contributed by atoms with van der Waals surface area (Å²) >= 11 is 0. The predicted octanol–water partition coefficient (Wildman–Crippen LogP) is 1.78. The van der Waals surface area contributed by atoms with Crippen LogP contribution in [0.4, 0.5) is 0 Å². The van der Waals surface area contributed by atoms with Crippen molar-refractivity contribution >= 4 is 15.9 Å². The first kappa shape index (κ1) is 17.7. The van der Waals surface area contributed by atoms with Crippen LogP contribution >= 0.6 is 0 Å². The monoisotopic (exact) mass is 312 g/mol. The Balaban J connectivity index is 2.68. The summed E-state index contributed by atoms with van der Waals surface area (Å²) in [6, 6.07) is 7.30. The Labute approximate surface area is 127 Å². The van der Waals surface area contributed by atoms with Crippen LogP contribution < -0.4 is 5.32 Å². The molecule has 0 fully saturated rings. The summed E-state index contributed by atoms with van der Waals surface area (Å²) in [5, 5.41) is 2.77. The van der Waals surface area contributed by atoms with Crippen molar-refractivity contribution in [2.45, 2.75) is 33.2 Å². The Bertz CT molecular complexity index is 604. The van der Waals surface area contributed by atoms with Crippen molar-refractivity contribution in [3.05, 3.63) is 35.4 Å². The van der Waals surface area contributed by atoms with E-state index in [4.69, 9.17) is 0 Å². The molecule has 5 nitrogen and oxygen atoms in total. The van der Waals surface area contributed by atoms with Crippen LogP contribution in [0.2, 0.25) is 0 Å². The number of nitrogens with one attached hydrogen (secondary N) is 1. The zero-order chi connectivity index (χ0) is 16.3. The van der Waals surface area contributed by atoms with Gasteiger partial charge in [0.05, 0.1) is 6.26 Å². The first-order chi connectivity index (χ1) is 9.53. The highest BCUT2D eigenvalue weighted by Gasteiger charge is 2.29. The van der Waals surface area contributed by atoms with Crippen LogP contribution in [0.3, 0.4) is 0 Å². The minimum atomic E-state index is -3.31. The zero-order valence-electron chi connectivity index (χ0n) is 13.3. The minimum Gasteiger partial charge on any atom is -0.351 e. The van der Waals surface area contributed by atoms with Crippen LogP contribution in [0.25, 0.3) is 0 Å². The van der Waals surface area contributed by atoms with Gasteiger partial charge in [0.15, 0.2) is 0 Å². The lowest BCUT2D eigenvalue weighted by Gasteiger charge is -2.33. The molecule has 0 aliphatic rings. The molecule has 6 heteroatoms. The number of nitrogens with zero attached hydrogens (tertiary/aromatic N) is 1. The molecule has 1 aromatic carbocycles. The Morgan fingerprint density at radius 1 is 1.24 bits per heavy atom. The average Bonchev–Trinajstić information content (AvgIpc) is 2.31.